The van der Waals surface area contributed by atoms with E-state index in [1.165, 1.54) is 18.2 Å². The minimum Gasteiger partial charge on any atom is -0.508 e. The number of benzene rings is 2. The number of phenolic OH excluding ortho intramolecular Hbond substituents is 1. The summed E-state index contributed by atoms with van der Waals surface area (Å²) in [4.78, 5) is 24.4. The number of ether oxygens (including phenoxy) is 1. The predicted octanol–water partition coefficient (Wildman–Crippen LogP) is 3.79. The lowest BCUT2D eigenvalue weighted by Gasteiger charge is -2.10. The standard InChI is InChI=1S/C18H16ClNO4/c1-2-24-18(23)16(20-14-7-9-15(21)10-8-14)11-17(22)12-3-5-13(19)6-4-12/h3-11,20-21H,2H2,1H3. The van der Waals surface area contributed by atoms with Crippen molar-refractivity contribution < 1.29 is 19.4 Å². The summed E-state index contributed by atoms with van der Waals surface area (Å²) in [5.74, 6) is -0.909. The van der Waals surface area contributed by atoms with Crippen LogP contribution < -0.4 is 5.32 Å². The maximum Gasteiger partial charge on any atom is 0.354 e. The number of nitrogens with one attached hydrogen (secondary N) is 1. The van der Waals surface area contributed by atoms with Crippen LogP contribution in [0.4, 0.5) is 5.69 Å². The van der Waals surface area contributed by atoms with E-state index in [1.807, 2.05) is 0 Å². The molecule has 0 aliphatic heterocycles. The Hall–Kier alpha value is -2.79. The number of carbonyl (C=O) groups is 2. The van der Waals surface area contributed by atoms with E-state index < -0.39 is 5.97 Å². The van der Waals surface area contributed by atoms with Gasteiger partial charge in [0.1, 0.15) is 11.4 Å². The third kappa shape index (κ3) is 4.86. The Balaban J connectivity index is 2.27. The number of ketones is 1. The molecular weight excluding hydrogens is 330 g/mol. The summed E-state index contributed by atoms with van der Waals surface area (Å²) in [5, 5.41) is 12.7. The fourth-order valence-electron chi connectivity index (χ4n) is 1.88. The molecule has 6 heteroatoms. The Kier molecular flexibility index (Phi) is 5.98. The summed E-state index contributed by atoms with van der Waals surface area (Å²) >= 11 is 5.80. The molecule has 0 spiro atoms. The summed E-state index contributed by atoms with van der Waals surface area (Å²) in [6.07, 6.45) is 1.17. The predicted molar refractivity (Wildman–Crippen MR) is 92.2 cm³/mol. The fourth-order valence-corrected chi connectivity index (χ4v) is 2.01. The van der Waals surface area contributed by atoms with Crippen LogP contribution in [0.2, 0.25) is 5.02 Å². The zero-order valence-corrected chi connectivity index (χ0v) is 13.7. The number of rotatable bonds is 6. The Morgan fingerprint density at radius 3 is 2.33 bits per heavy atom. The van der Waals surface area contributed by atoms with Gasteiger partial charge in [-0.05, 0) is 55.5 Å². The van der Waals surface area contributed by atoms with Gasteiger partial charge < -0.3 is 15.2 Å². The average Bonchev–Trinajstić information content (AvgIpc) is 2.57. The van der Waals surface area contributed by atoms with Crippen LogP contribution in [0.25, 0.3) is 0 Å². The first kappa shape index (κ1) is 17.6. The lowest BCUT2D eigenvalue weighted by molar-refractivity contribution is -0.138. The third-order valence-corrected chi connectivity index (χ3v) is 3.30. The molecule has 0 aromatic heterocycles. The summed E-state index contributed by atoms with van der Waals surface area (Å²) in [7, 11) is 0. The topological polar surface area (TPSA) is 75.6 Å². The molecule has 0 bridgehead atoms. The molecule has 0 aliphatic carbocycles. The lowest BCUT2D eigenvalue weighted by atomic mass is 10.1. The second-order valence-electron chi connectivity index (χ2n) is 4.82. The number of carbonyl (C=O) groups excluding carboxylic acids is 2. The van der Waals surface area contributed by atoms with Crippen LogP contribution in [0.15, 0.2) is 60.3 Å². The molecule has 0 amide bonds. The van der Waals surface area contributed by atoms with Crippen LogP contribution in [-0.4, -0.2) is 23.5 Å². The Morgan fingerprint density at radius 1 is 1.12 bits per heavy atom. The fraction of sp³-hybridized carbons (Fsp3) is 0.111. The van der Waals surface area contributed by atoms with Crippen molar-refractivity contribution in [3.63, 3.8) is 0 Å². The molecule has 2 rings (SSSR count). The van der Waals surface area contributed by atoms with Crippen molar-refractivity contribution in [3.05, 3.63) is 70.9 Å². The van der Waals surface area contributed by atoms with Crippen molar-refractivity contribution in [2.45, 2.75) is 6.92 Å². The molecule has 0 fully saturated rings. The van der Waals surface area contributed by atoms with Gasteiger partial charge in [0.25, 0.3) is 0 Å². The number of halogens is 1. The minimum absolute atomic E-state index is 0.00231. The largest absolute Gasteiger partial charge is 0.508 e. The van der Waals surface area contributed by atoms with Crippen molar-refractivity contribution in [1.82, 2.24) is 0 Å². The van der Waals surface area contributed by atoms with E-state index in [1.54, 1.807) is 43.3 Å². The van der Waals surface area contributed by atoms with Crippen molar-refractivity contribution in [3.8, 4) is 5.75 Å². The number of aromatic hydroxyl groups is 1. The summed E-state index contributed by atoms with van der Waals surface area (Å²) in [6.45, 7) is 1.86. The third-order valence-electron chi connectivity index (χ3n) is 3.05. The minimum atomic E-state index is -0.645. The molecule has 2 aromatic carbocycles. The molecule has 0 unspecified atom stereocenters. The molecule has 0 saturated heterocycles. The number of hydrogen-bond donors (Lipinski definition) is 2. The van der Waals surface area contributed by atoms with Gasteiger partial charge in [0.15, 0.2) is 5.78 Å². The van der Waals surface area contributed by atoms with E-state index in [0.29, 0.717) is 16.3 Å². The van der Waals surface area contributed by atoms with Crippen LogP contribution in [0, 0.1) is 0 Å². The second kappa shape index (κ2) is 8.17. The van der Waals surface area contributed by atoms with Gasteiger partial charge in [0.05, 0.1) is 6.61 Å². The second-order valence-corrected chi connectivity index (χ2v) is 5.26. The molecule has 0 aliphatic rings. The maximum absolute atomic E-state index is 12.3. The van der Waals surface area contributed by atoms with Gasteiger partial charge in [-0.3, -0.25) is 4.79 Å². The Morgan fingerprint density at radius 2 is 1.75 bits per heavy atom. The highest BCUT2D eigenvalue weighted by Crippen LogP contribution is 2.17. The van der Waals surface area contributed by atoms with Crippen molar-refractivity contribution in [2.24, 2.45) is 0 Å². The van der Waals surface area contributed by atoms with E-state index in [4.69, 9.17) is 16.3 Å². The van der Waals surface area contributed by atoms with E-state index in [-0.39, 0.29) is 23.8 Å². The normalized spacial score (nSPS) is 11.0. The molecule has 0 atom stereocenters. The maximum atomic E-state index is 12.3. The Labute approximate surface area is 144 Å². The number of hydrogen-bond acceptors (Lipinski definition) is 5. The van der Waals surface area contributed by atoms with Crippen LogP contribution in [0.5, 0.6) is 5.75 Å². The Bertz CT molecular complexity index is 752. The van der Waals surface area contributed by atoms with Crippen molar-refractivity contribution in [1.29, 1.82) is 0 Å². The van der Waals surface area contributed by atoms with Gasteiger partial charge in [-0.2, -0.15) is 0 Å². The smallest absolute Gasteiger partial charge is 0.354 e. The van der Waals surface area contributed by atoms with Gasteiger partial charge in [-0.1, -0.05) is 11.6 Å². The highest BCUT2D eigenvalue weighted by molar-refractivity contribution is 6.30. The number of esters is 1. The molecule has 5 nitrogen and oxygen atoms in total. The lowest BCUT2D eigenvalue weighted by Crippen LogP contribution is -2.16. The van der Waals surface area contributed by atoms with Crippen molar-refractivity contribution in [2.75, 3.05) is 11.9 Å². The van der Waals surface area contributed by atoms with E-state index in [0.717, 1.165) is 0 Å². The van der Waals surface area contributed by atoms with Gasteiger partial charge in [0.2, 0.25) is 0 Å². The van der Waals surface area contributed by atoms with Gasteiger partial charge >= 0.3 is 5.97 Å². The van der Waals surface area contributed by atoms with E-state index >= 15 is 0 Å². The number of phenols is 1. The monoisotopic (exact) mass is 345 g/mol. The quantitative estimate of drug-likeness (QED) is 0.360. The molecule has 0 saturated carbocycles. The van der Waals surface area contributed by atoms with Crippen LogP contribution in [0.3, 0.4) is 0 Å². The molecule has 2 aromatic rings. The highest BCUT2D eigenvalue weighted by atomic mass is 35.5. The summed E-state index contributed by atoms with van der Waals surface area (Å²) in [5.41, 5.74) is 0.937. The number of allylic oxidation sites excluding steroid dienone is 1. The van der Waals surface area contributed by atoms with Gasteiger partial charge in [0, 0.05) is 22.3 Å². The number of anilines is 1. The first-order chi connectivity index (χ1) is 11.5. The van der Waals surface area contributed by atoms with Crippen LogP contribution in [0.1, 0.15) is 17.3 Å². The van der Waals surface area contributed by atoms with Gasteiger partial charge in [-0.25, -0.2) is 4.79 Å². The molecule has 0 heterocycles. The average molecular weight is 346 g/mol. The zero-order valence-electron chi connectivity index (χ0n) is 13.0. The van der Waals surface area contributed by atoms with Crippen molar-refractivity contribution >= 4 is 29.0 Å². The first-order valence-electron chi connectivity index (χ1n) is 7.24. The van der Waals surface area contributed by atoms with E-state index in [2.05, 4.69) is 5.32 Å². The summed E-state index contributed by atoms with van der Waals surface area (Å²) in [6, 6.07) is 12.4. The molecule has 24 heavy (non-hydrogen) atoms. The van der Waals surface area contributed by atoms with Crippen LogP contribution in [-0.2, 0) is 9.53 Å². The van der Waals surface area contributed by atoms with Crippen LogP contribution >= 0.6 is 11.6 Å². The first-order valence-corrected chi connectivity index (χ1v) is 7.62. The van der Waals surface area contributed by atoms with E-state index in [9.17, 15) is 14.7 Å². The zero-order chi connectivity index (χ0) is 17.5. The molecule has 124 valence electrons. The molecular formula is C18H16ClNO4. The molecule has 0 radical (unpaired) electrons. The van der Waals surface area contributed by atoms with Gasteiger partial charge in [-0.15, -0.1) is 0 Å². The highest BCUT2D eigenvalue weighted by Gasteiger charge is 2.14. The summed E-state index contributed by atoms with van der Waals surface area (Å²) < 4.78 is 4.96. The SMILES string of the molecule is CCOC(=O)C(=CC(=O)c1ccc(Cl)cc1)Nc1ccc(O)cc1. The molecule has 2 N–H and O–H groups in total.